The smallest absolute Gasteiger partial charge is 0.360 e. The number of esters is 2. The molecule has 11 heteroatoms. The minimum atomic E-state index is -0.719. The van der Waals surface area contributed by atoms with Gasteiger partial charge in [0.15, 0.2) is 5.69 Å². The summed E-state index contributed by atoms with van der Waals surface area (Å²) in [4.78, 5) is 23.6. The molecule has 0 aliphatic carbocycles. The van der Waals surface area contributed by atoms with Crippen LogP contribution in [0.5, 0.6) is 0 Å². The Balaban J connectivity index is 2.43. The van der Waals surface area contributed by atoms with Crippen LogP contribution in [0, 0.1) is 0 Å². The molecular weight excluding hydrogens is 296 g/mol. The van der Waals surface area contributed by atoms with Crippen LogP contribution in [-0.2, 0) is 20.7 Å². The second kappa shape index (κ2) is 6.65. The van der Waals surface area contributed by atoms with E-state index in [2.05, 4.69) is 25.3 Å². The van der Waals surface area contributed by atoms with Crippen molar-refractivity contribution in [3.63, 3.8) is 0 Å². The molecule has 2 N–H and O–H groups in total. The fraction of sp³-hybridized carbons (Fsp3) is 0.455. The van der Waals surface area contributed by atoms with E-state index in [1.54, 1.807) is 13.8 Å². The molecule has 11 nitrogen and oxygen atoms in total. The van der Waals surface area contributed by atoms with Gasteiger partial charge in [-0.05, 0) is 24.2 Å². The van der Waals surface area contributed by atoms with E-state index in [9.17, 15) is 9.59 Å². The van der Waals surface area contributed by atoms with E-state index < -0.39 is 11.9 Å². The van der Waals surface area contributed by atoms with E-state index in [1.807, 2.05) is 0 Å². The first-order valence-electron chi connectivity index (χ1n) is 6.44. The third-order valence-corrected chi connectivity index (χ3v) is 2.55. The minimum absolute atomic E-state index is 0.0161. The summed E-state index contributed by atoms with van der Waals surface area (Å²) in [6.07, 6.45) is -0.263. The van der Waals surface area contributed by atoms with Crippen molar-refractivity contribution in [3.8, 4) is 5.82 Å². The highest BCUT2D eigenvalue weighted by Crippen LogP contribution is 2.17. The van der Waals surface area contributed by atoms with Crippen LogP contribution in [0.4, 0.5) is 5.82 Å². The molecule has 0 saturated carbocycles. The first kappa shape index (κ1) is 15.4. The number of nitrogens with zero attached hydrogens (tertiary/aromatic N) is 5. The molecule has 0 saturated heterocycles. The molecule has 0 aliphatic heterocycles. The first-order chi connectivity index (χ1) is 10.6. The fourth-order valence-electron chi connectivity index (χ4n) is 1.67. The Morgan fingerprint density at radius 2 is 1.95 bits per heavy atom. The van der Waals surface area contributed by atoms with Crippen molar-refractivity contribution < 1.29 is 23.7 Å². The maximum Gasteiger partial charge on any atom is 0.360 e. The number of carbonyl (C=O) groups excluding carboxylic acids is 2. The molecule has 118 valence electrons. The van der Waals surface area contributed by atoms with Gasteiger partial charge >= 0.3 is 11.9 Å². The van der Waals surface area contributed by atoms with Crippen LogP contribution in [0.2, 0.25) is 0 Å². The number of ether oxygens (including phenoxy) is 2. The normalized spacial score (nSPS) is 10.5. The lowest BCUT2D eigenvalue weighted by molar-refractivity contribution is -0.142. The Bertz CT molecular complexity index is 678. The van der Waals surface area contributed by atoms with E-state index in [-0.39, 0.29) is 42.7 Å². The topological polar surface area (TPSA) is 148 Å². The summed E-state index contributed by atoms with van der Waals surface area (Å²) < 4.78 is 15.3. The molecule has 0 atom stereocenters. The lowest BCUT2D eigenvalue weighted by Gasteiger charge is -2.05. The predicted octanol–water partition coefficient (Wildman–Crippen LogP) is -0.485. The van der Waals surface area contributed by atoms with E-state index >= 15 is 0 Å². The Labute approximate surface area is 124 Å². The van der Waals surface area contributed by atoms with E-state index in [4.69, 9.17) is 15.2 Å². The van der Waals surface area contributed by atoms with Gasteiger partial charge < -0.3 is 15.2 Å². The van der Waals surface area contributed by atoms with Gasteiger partial charge in [0.1, 0.15) is 0 Å². The zero-order valence-corrected chi connectivity index (χ0v) is 12.0. The van der Waals surface area contributed by atoms with Crippen molar-refractivity contribution in [1.29, 1.82) is 0 Å². The molecule has 0 fully saturated rings. The molecule has 0 radical (unpaired) electrons. The van der Waals surface area contributed by atoms with Gasteiger partial charge in [-0.2, -0.15) is 4.68 Å². The molecule has 22 heavy (non-hydrogen) atoms. The molecule has 0 aliphatic rings. The minimum Gasteiger partial charge on any atom is -0.466 e. The first-order valence-corrected chi connectivity index (χ1v) is 6.44. The number of hydrogen-bond acceptors (Lipinski definition) is 10. The summed E-state index contributed by atoms with van der Waals surface area (Å²) in [7, 11) is 0. The van der Waals surface area contributed by atoms with Gasteiger partial charge in [-0.3, -0.25) is 4.79 Å². The largest absolute Gasteiger partial charge is 0.466 e. The van der Waals surface area contributed by atoms with Gasteiger partial charge in [-0.1, -0.05) is 5.21 Å². The lowest BCUT2D eigenvalue weighted by atomic mass is 10.2. The molecule has 0 spiro atoms. The number of rotatable bonds is 6. The highest BCUT2D eigenvalue weighted by Gasteiger charge is 2.26. The van der Waals surface area contributed by atoms with Crippen molar-refractivity contribution in [2.24, 2.45) is 0 Å². The van der Waals surface area contributed by atoms with E-state index in [1.165, 1.54) is 0 Å². The third kappa shape index (κ3) is 3.02. The maximum absolute atomic E-state index is 11.9. The van der Waals surface area contributed by atoms with Gasteiger partial charge in [-0.25, -0.2) is 9.42 Å². The van der Waals surface area contributed by atoms with Crippen LogP contribution in [0.25, 0.3) is 5.82 Å². The van der Waals surface area contributed by atoms with E-state index in [0.29, 0.717) is 0 Å². The van der Waals surface area contributed by atoms with Crippen LogP contribution in [0.15, 0.2) is 4.63 Å². The van der Waals surface area contributed by atoms with Crippen molar-refractivity contribution in [2.75, 3.05) is 18.9 Å². The van der Waals surface area contributed by atoms with Crippen LogP contribution < -0.4 is 5.73 Å². The Morgan fingerprint density at radius 3 is 2.55 bits per heavy atom. The van der Waals surface area contributed by atoms with Crippen LogP contribution in [-0.4, -0.2) is 50.5 Å². The number of anilines is 1. The monoisotopic (exact) mass is 310 g/mol. The average Bonchev–Trinajstić information content (AvgIpc) is 3.05. The predicted molar refractivity (Wildman–Crippen MR) is 69.9 cm³/mol. The van der Waals surface area contributed by atoms with Crippen molar-refractivity contribution in [3.05, 3.63) is 11.4 Å². The van der Waals surface area contributed by atoms with Crippen LogP contribution in [0.3, 0.4) is 0 Å². The maximum atomic E-state index is 11.9. The number of nitrogen functional groups attached to an aromatic ring is 1. The molecular formula is C11H14N6O5. The summed E-state index contributed by atoms with van der Waals surface area (Å²) in [5.74, 6) is -1.33. The van der Waals surface area contributed by atoms with Gasteiger partial charge in [0.25, 0.3) is 0 Å². The van der Waals surface area contributed by atoms with E-state index in [0.717, 1.165) is 4.68 Å². The quantitative estimate of drug-likeness (QED) is 0.693. The number of aromatic nitrogens is 5. The molecule has 0 unspecified atom stereocenters. The zero-order chi connectivity index (χ0) is 16.1. The summed E-state index contributed by atoms with van der Waals surface area (Å²) in [6, 6.07) is 0. The molecule has 0 bridgehead atoms. The van der Waals surface area contributed by atoms with Gasteiger partial charge in [0, 0.05) is 0 Å². The molecule has 2 heterocycles. The fourth-order valence-corrected chi connectivity index (χ4v) is 1.67. The van der Waals surface area contributed by atoms with Crippen LogP contribution in [0.1, 0.15) is 30.0 Å². The standard InChI is InChI=1S/C11H14N6O5/c1-3-20-7(18)5-6-8(11(19)21-4-2)13-16-17(6)10-9(12)14-22-15-10/h3-5H2,1-2H3,(H2,12,14). The third-order valence-electron chi connectivity index (χ3n) is 2.55. The molecule has 2 rings (SSSR count). The van der Waals surface area contributed by atoms with Crippen molar-refractivity contribution in [1.82, 2.24) is 25.3 Å². The Hall–Kier alpha value is -2.98. The summed E-state index contributed by atoms with van der Waals surface area (Å²) in [5, 5.41) is 14.4. The highest BCUT2D eigenvalue weighted by molar-refractivity contribution is 5.90. The van der Waals surface area contributed by atoms with Crippen LogP contribution >= 0.6 is 0 Å². The second-order valence-corrected chi connectivity index (χ2v) is 3.97. The van der Waals surface area contributed by atoms with Crippen molar-refractivity contribution >= 4 is 17.8 Å². The Morgan fingerprint density at radius 1 is 1.23 bits per heavy atom. The zero-order valence-electron chi connectivity index (χ0n) is 12.0. The Kier molecular flexibility index (Phi) is 4.66. The van der Waals surface area contributed by atoms with Gasteiger partial charge in [0.2, 0.25) is 11.6 Å². The summed E-state index contributed by atoms with van der Waals surface area (Å²) in [5.41, 5.74) is 5.58. The number of hydrogen-bond donors (Lipinski definition) is 1. The SMILES string of the molecule is CCOC(=O)Cc1c(C(=O)OCC)nnn1-c1nonc1N. The summed E-state index contributed by atoms with van der Waals surface area (Å²) >= 11 is 0. The number of nitrogens with two attached hydrogens (primary N) is 1. The average molecular weight is 310 g/mol. The molecule has 2 aromatic heterocycles. The van der Waals surface area contributed by atoms with Gasteiger partial charge in [0.05, 0.1) is 25.3 Å². The van der Waals surface area contributed by atoms with Crippen molar-refractivity contribution in [2.45, 2.75) is 20.3 Å². The van der Waals surface area contributed by atoms with Gasteiger partial charge in [-0.15, -0.1) is 5.10 Å². The molecule has 0 aromatic carbocycles. The lowest BCUT2D eigenvalue weighted by Crippen LogP contribution is -2.16. The highest BCUT2D eigenvalue weighted by atomic mass is 16.6. The number of carbonyl (C=O) groups is 2. The summed E-state index contributed by atoms with van der Waals surface area (Å²) in [6.45, 7) is 3.66. The molecule has 0 amide bonds. The second-order valence-electron chi connectivity index (χ2n) is 3.97. The molecule has 2 aromatic rings.